The first-order valence-electron chi connectivity index (χ1n) is 8.49. The molecule has 1 aromatic rings. The van der Waals surface area contributed by atoms with Crippen molar-refractivity contribution in [3.63, 3.8) is 0 Å². The summed E-state index contributed by atoms with van der Waals surface area (Å²) in [5, 5.41) is 2.45. The third-order valence-corrected chi connectivity index (χ3v) is 4.60. The number of carbonyl (C=O) groups excluding carboxylic acids is 1. The molecule has 2 atom stereocenters. The summed E-state index contributed by atoms with van der Waals surface area (Å²) in [7, 11) is -0.829. The number of amides is 1. The van der Waals surface area contributed by atoms with Gasteiger partial charge in [-0.1, -0.05) is 69.2 Å². The van der Waals surface area contributed by atoms with Gasteiger partial charge in [-0.05, 0) is 6.42 Å². The van der Waals surface area contributed by atoms with E-state index in [1.54, 1.807) is 6.07 Å². The van der Waals surface area contributed by atoms with Gasteiger partial charge in [-0.2, -0.15) is 13.2 Å². The molecule has 1 amide bonds. The average molecular weight is 386 g/mol. The van der Waals surface area contributed by atoms with Crippen molar-refractivity contribution in [2.45, 2.75) is 57.2 Å². The molecule has 0 fully saturated rings. The van der Waals surface area contributed by atoms with E-state index in [4.69, 9.17) is 4.74 Å². The Morgan fingerprint density at radius 2 is 1.81 bits per heavy atom. The van der Waals surface area contributed by atoms with E-state index in [0.717, 1.165) is 7.11 Å². The van der Waals surface area contributed by atoms with Crippen molar-refractivity contribution in [2.75, 3.05) is 7.11 Å². The molecule has 1 aromatic carbocycles. The van der Waals surface area contributed by atoms with Gasteiger partial charge < -0.3 is 10.1 Å². The van der Waals surface area contributed by atoms with Crippen molar-refractivity contribution in [3.8, 4) is 11.5 Å². The van der Waals surface area contributed by atoms with E-state index in [1.165, 1.54) is 24.3 Å². The maximum Gasteiger partial charge on any atom is 0.430 e. The molecule has 3 nitrogen and oxygen atoms in total. The van der Waals surface area contributed by atoms with E-state index in [9.17, 15) is 18.0 Å². The predicted molar refractivity (Wildman–Crippen MR) is 99.1 cm³/mol. The lowest BCUT2D eigenvalue weighted by atomic mass is 9.91. The molecule has 0 spiro atoms. The maximum absolute atomic E-state index is 13.9. The second-order valence-corrected chi connectivity index (χ2v) is 11.8. The summed E-state index contributed by atoms with van der Waals surface area (Å²) in [5.74, 6) is 1.70. The molecule has 7 heteroatoms. The van der Waals surface area contributed by atoms with Crippen LogP contribution in [0.4, 0.5) is 13.2 Å². The Kier molecular flexibility index (Phi) is 7.48. The van der Waals surface area contributed by atoms with Crippen LogP contribution in [0.3, 0.4) is 0 Å². The fraction of sp³-hybridized carbons (Fsp3) is 0.526. The molecule has 0 aliphatic heterocycles. The average Bonchev–Trinajstić information content (AvgIpc) is 2.53. The van der Waals surface area contributed by atoms with Crippen LogP contribution in [0.25, 0.3) is 0 Å². The third-order valence-electron chi connectivity index (χ3n) is 3.71. The molecule has 0 unspecified atom stereocenters. The van der Waals surface area contributed by atoms with Crippen LogP contribution in [0.5, 0.6) is 0 Å². The Morgan fingerprint density at radius 1 is 1.23 bits per heavy atom. The van der Waals surface area contributed by atoms with Crippen LogP contribution in [0, 0.1) is 11.5 Å². The van der Waals surface area contributed by atoms with E-state index in [-0.39, 0.29) is 5.56 Å². The summed E-state index contributed by atoms with van der Waals surface area (Å²) in [6, 6.07) is 6.28. The van der Waals surface area contributed by atoms with E-state index >= 15 is 0 Å². The Bertz CT molecular complexity index is 659. The molecule has 0 heterocycles. The van der Waals surface area contributed by atoms with Gasteiger partial charge in [-0.3, -0.25) is 4.79 Å². The highest BCUT2D eigenvalue weighted by molar-refractivity contribution is 6.83. The third kappa shape index (κ3) is 5.35. The second kappa shape index (κ2) is 8.74. The Hall–Kier alpha value is -1.78. The number of ether oxygens (including phenoxy) is 1. The molecular formula is C19H26F3NO2Si. The van der Waals surface area contributed by atoms with Crippen LogP contribution in [0.1, 0.15) is 25.3 Å². The topological polar surface area (TPSA) is 38.3 Å². The Labute approximate surface area is 154 Å². The van der Waals surface area contributed by atoms with Gasteiger partial charge in [0.1, 0.15) is 8.07 Å². The summed E-state index contributed by atoms with van der Waals surface area (Å²) in [5.41, 5.74) is -0.219. The van der Waals surface area contributed by atoms with Crippen molar-refractivity contribution in [2.24, 2.45) is 0 Å². The smallest absolute Gasteiger partial charge is 0.356 e. The minimum atomic E-state index is -4.92. The van der Waals surface area contributed by atoms with Gasteiger partial charge in [0.25, 0.3) is 11.5 Å². The summed E-state index contributed by atoms with van der Waals surface area (Å²) in [6.45, 7) is 7.98. The number of hydrogen-bond donors (Lipinski definition) is 1. The molecular weight excluding hydrogens is 359 g/mol. The molecule has 0 radical (unpaired) electrons. The van der Waals surface area contributed by atoms with E-state index < -0.39 is 31.8 Å². The van der Waals surface area contributed by atoms with Crippen molar-refractivity contribution in [3.05, 3.63) is 35.9 Å². The number of alkyl halides is 3. The van der Waals surface area contributed by atoms with Crippen molar-refractivity contribution in [1.82, 2.24) is 5.32 Å². The highest BCUT2D eigenvalue weighted by Crippen LogP contribution is 2.42. The highest BCUT2D eigenvalue weighted by atomic mass is 28.3. The predicted octanol–water partition coefficient (Wildman–Crippen LogP) is 4.26. The monoisotopic (exact) mass is 385 g/mol. The Balaban J connectivity index is 3.29. The quantitative estimate of drug-likeness (QED) is 0.587. The second-order valence-electron chi connectivity index (χ2n) is 7.08. The van der Waals surface area contributed by atoms with E-state index in [1.807, 2.05) is 26.6 Å². The number of methoxy groups -OCH3 is 1. The molecule has 0 bridgehead atoms. The zero-order chi connectivity index (χ0) is 20.0. The molecule has 0 saturated heterocycles. The molecule has 0 saturated carbocycles. The van der Waals surface area contributed by atoms with Crippen LogP contribution < -0.4 is 5.32 Å². The van der Waals surface area contributed by atoms with Crippen molar-refractivity contribution in [1.29, 1.82) is 0 Å². The molecule has 26 heavy (non-hydrogen) atoms. The fourth-order valence-electron chi connectivity index (χ4n) is 2.46. The lowest BCUT2D eigenvalue weighted by Gasteiger charge is -2.34. The maximum atomic E-state index is 13.9. The first-order valence-corrected chi connectivity index (χ1v) is 12.0. The first kappa shape index (κ1) is 22.3. The minimum Gasteiger partial charge on any atom is -0.356 e. The number of carbonyl (C=O) groups is 1. The van der Waals surface area contributed by atoms with E-state index in [2.05, 4.69) is 16.8 Å². The molecule has 1 N–H and O–H groups in total. The minimum absolute atomic E-state index is 0.263. The Morgan fingerprint density at radius 3 is 2.23 bits per heavy atom. The zero-order valence-electron chi connectivity index (χ0n) is 15.8. The number of hydrogen-bond acceptors (Lipinski definition) is 2. The van der Waals surface area contributed by atoms with Crippen LogP contribution in [-0.2, 0) is 15.1 Å². The molecule has 1 rings (SSSR count). The van der Waals surface area contributed by atoms with Gasteiger partial charge in [0.2, 0.25) is 0 Å². The summed E-state index contributed by atoms with van der Waals surface area (Å²) in [4.78, 5) is 12.7. The van der Waals surface area contributed by atoms with Gasteiger partial charge >= 0.3 is 6.18 Å². The van der Waals surface area contributed by atoms with Crippen molar-refractivity contribution >= 4 is 14.0 Å². The van der Waals surface area contributed by atoms with Crippen LogP contribution in [0.15, 0.2) is 30.3 Å². The summed E-state index contributed by atoms with van der Waals surface area (Å²) >= 11 is 0. The summed E-state index contributed by atoms with van der Waals surface area (Å²) in [6.07, 6.45) is -3.77. The van der Waals surface area contributed by atoms with Gasteiger partial charge in [0.05, 0.1) is 6.04 Å². The van der Waals surface area contributed by atoms with Gasteiger partial charge in [-0.15, -0.1) is 5.54 Å². The van der Waals surface area contributed by atoms with Crippen LogP contribution >= 0.6 is 0 Å². The lowest BCUT2D eigenvalue weighted by molar-refractivity contribution is -0.266. The largest absolute Gasteiger partial charge is 0.430 e. The summed E-state index contributed by atoms with van der Waals surface area (Å²) < 4.78 is 46.5. The van der Waals surface area contributed by atoms with Crippen molar-refractivity contribution < 1.29 is 22.7 Å². The SMILES string of the molecule is CCC[C@H](C#C[Si](C)(C)C)NC(=O)[C@@](OC)(c1ccccc1)C(F)(F)F. The molecule has 0 aliphatic rings. The molecule has 144 valence electrons. The van der Waals surface area contributed by atoms with E-state index in [0.29, 0.717) is 12.8 Å². The number of nitrogens with one attached hydrogen (secondary N) is 1. The number of benzene rings is 1. The van der Waals surface area contributed by atoms with Crippen LogP contribution in [0.2, 0.25) is 19.6 Å². The van der Waals surface area contributed by atoms with Crippen LogP contribution in [-0.4, -0.2) is 33.3 Å². The standard InChI is InChI=1S/C19H26F3NO2Si/c1-6-10-16(13-14-26(3,4)5)23-17(24)18(25-2,19(20,21)22)15-11-8-7-9-12-15/h7-9,11-12,16H,6,10H2,1-5H3,(H,23,24)/t16-,18+/m1/s1. The number of rotatable bonds is 6. The van der Waals surface area contributed by atoms with Gasteiger partial charge in [0.15, 0.2) is 0 Å². The normalized spacial score (nSPS) is 15.4. The molecule has 0 aliphatic carbocycles. The fourth-order valence-corrected chi connectivity index (χ4v) is 3.06. The lowest BCUT2D eigenvalue weighted by Crippen LogP contribution is -2.57. The first-order chi connectivity index (χ1) is 12.0. The number of halogens is 3. The highest BCUT2D eigenvalue weighted by Gasteiger charge is 2.62. The molecule has 0 aromatic heterocycles. The van der Waals surface area contributed by atoms with Gasteiger partial charge in [0, 0.05) is 12.7 Å². The van der Waals surface area contributed by atoms with Gasteiger partial charge in [-0.25, -0.2) is 0 Å². The zero-order valence-corrected chi connectivity index (χ0v) is 16.8.